The van der Waals surface area contributed by atoms with Crippen LogP contribution in [0, 0.1) is 0 Å². The van der Waals surface area contributed by atoms with Crippen LogP contribution < -0.4 is 18.1 Å². The zero-order valence-electron chi connectivity index (χ0n) is 22.1. The molecule has 0 aliphatic rings. The van der Waals surface area contributed by atoms with E-state index in [1.54, 1.807) is 0 Å². The largest absolute Gasteiger partial charge is 1.00 e. The van der Waals surface area contributed by atoms with Crippen LogP contribution in [-0.2, 0) is 0 Å². The van der Waals surface area contributed by atoms with Crippen LogP contribution in [-0.4, -0.2) is 41.0 Å². The number of rotatable bonds is 22. The Morgan fingerprint density at radius 1 is 0.677 bits per heavy atom. The minimum Gasteiger partial charge on any atom is -1.00 e. The summed E-state index contributed by atoms with van der Waals surface area (Å²) < 4.78 is 0.823. The van der Waals surface area contributed by atoms with Crippen LogP contribution in [0.5, 0.6) is 0 Å². The number of nitrogens with two attached hydrogens (primary N) is 1. The zero-order chi connectivity index (χ0) is 22.7. The number of halogens is 1. The first-order valence-corrected chi connectivity index (χ1v) is 13.7. The maximum absolute atomic E-state index is 9.95. The SMILES string of the molecule is CCCCCCCCCCCCCCCCCCC(C)(N)[N+](CC)(CC)CC(C)O.[Cl-]. The molecular weight excluding hydrogens is 404 g/mol. The maximum Gasteiger partial charge on any atom is 0.147 e. The summed E-state index contributed by atoms with van der Waals surface area (Å²) in [5, 5.41) is 9.95. The molecule has 3 N–H and O–H groups in total. The van der Waals surface area contributed by atoms with Crippen LogP contribution in [0.3, 0.4) is 0 Å². The molecule has 0 aromatic heterocycles. The molecule has 3 nitrogen and oxygen atoms in total. The molecule has 0 heterocycles. The van der Waals surface area contributed by atoms with E-state index in [4.69, 9.17) is 5.73 Å². The third-order valence-electron chi connectivity index (χ3n) is 7.44. The molecule has 0 aliphatic heterocycles. The fourth-order valence-corrected chi connectivity index (χ4v) is 5.19. The molecule has 0 aliphatic carbocycles. The van der Waals surface area contributed by atoms with Crippen molar-refractivity contribution in [3.05, 3.63) is 0 Å². The quantitative estimate of drug-likeness (QED) is 0.141. The number of unbranched alkanes of at least 4 members (excludes halogenated alkanes) is 15. The van der Waals surface area contributed by atoms with Crippen LogP contribution in [0.15, 0.2) is 0 Å². The molecule has 2 atom stereocenters. The highest BCUT2D eigenvalue weighted by Gasteiger charge is 2.42. The maximum atomic E-state index is 9.95. The number of quaternary nitrogens is 1. The summed E-state index contributed by atoms with van der Waals surface area (Å²) >= 11 is 0. The van der Waals surface area contributed by atoms with E-state index in [-0.39, 0.29) is 24.2 Å². The van der Waals surface area contributed by atoms with Crippen molar-refractivity contribution < 1.29 is 22.0 Å². The molecule has 0 fully saturated rings. The molecule has 4 heteroatoms. The number of aliphatic hydroxyl groups excluding tert-OH is 1. The predicted octanol–water partition coefficient (Wildman–Crippen LogP) is 4.55. The molecule has 2 unspecified atom stereocenters. The fraction of sp³-hybridized carbons (Fsp3) is 1.00. The average Bonchev–Trinajstić information content (AvgIpc) is 2.71. The Morgan fingerprint density at radius 3 is 1.29 bits per heavy atom. The lowest BCUT2D eigenvalue weighted by Crippen LogP contribution is -3.00. The normalized spacial score (nSPS) is 14.8. The van der Waals surface area contributed by atoms with E-state index in [0.717, 1.165) is 30.5 Å². The molecule has 0 bridgehead atoms. The third kappa shape index (κ3) is 15.6. The van der Waals surface area contributed by atoms with E-state index in [1.165, 1.54) is 103 Å². The van der Waals surface area contributed by atoms with Crippen molar-refractivity contribution in [2.45, 2.75) is 156 Å². The number of hydrogen-bond donors (Lipinski definition) is 2. The van der Waals surface area contributed by atoms with Gasteiger partial charge in [-0.05, 0) is 27.2 Å². The van der Waals surface area contributed by atoms with E-state index in [0.29, 0.717) is 0 Å². The zero-order valence-corrected chi connectivity index (χ0v) is 22.8. The Balaban J connectivity index is 0. The van der Waals surface area contributed by atoms with E-state index >= 15 is 0 Å². The van der Waals surface area contributed by atoms with Gasteiger partial charge in [-0.15, -0.1) is 0 Å². The average molecular weight is 463 g/mol. The molecular formula is C27H59ClN2O. The summed E-state index contributed by atoms with van der Waals surface area (Å²) in [4.78, 5) is 0. The summed E-state index contributed by atoms with van der Waals surface area (Å²) in [5.41, 5.74) is 6.55. The molecule has 31 heavy (non-hydrogen) atoms. The second-order valence-corrected chi connectivity index (χ2v) is 10.2. The molecule has 0 amide bonds. The van der Waals surface area contributed by atoms with Crippen LogP contribution >= 0.6 is 0 Å². The van der Waals surface area contributed by atoms with Gasteiger partial charge in [-0.3, -0.25) is 5.73 Å². The second kappa shape index (κ2) is 20.8. The van der Waals surface area contributed by atoms with Crippen molar-refractivity contribution in [1.82, 2.24) is 0 Å². The fourth-order valence-electron chi connectivity index (χ4n) is 5.19. The molecule has 190 valence electrons. The van der Waals surface area contributed by atoms with Crippen LogP contribution in [0.25, 0.3) is 0 Å². The Bertz CT molecular complexity index is 370. The molecule has 0 aromatic carbocycles. The van der Waals surface area contributed by atoms with Crippen molar-refractivity contribution >= 4 is 0 Å². The minimum atomic E-state index is -0.293. The molecule has 0 spiro atoms. The van der Waals surface area contributed by atoms with Gasteiger partial charge in [0.15, 0.2) is 0 Å². The van der Waals surface area contributed by atoms with Crippen molar-refractivity contribution in [2.75, 3.05) is 19.6 Å². The molecule has 0 radical (unpaired) electrons. The van der Waals surface area contributed by atoms with Crippen LogP contribution in [0.1, 0.15) is 144 Å². The Hall–Kier alpha value is 0.170. The van der Waals surface area contributed by atoms with Crippen LogP contribution in [0.2, 0.25) is 0 Å². The first kappa shape index (κ1) is 33.3. The van der Waals surface area contributed by atoms with E-state index < -0.39 is 0 Å². The van der Waals surface area contributed by atoms with Crippen molar-refractivity contribution in [1.29, 1.82) is 0 Å². The number of nitrogens with zero attached hydrogens (tertiary/aromatic N) is 1. The number of likely N-dealkylation sites (N-methyl/N-ethyl adjacent to an activating group) is 1. The highest BCUT2D eigenvalue weighted by atomic mass is 35.5. The first-order valence-electron chi connectivity index (χ1n) is 13.7. The van der Waals surface area contributed by atoms with E-state index in [2.05, 4.69) is 27.7 Å². The van der Waals surface area contributed by atoms with Gasteiger partial charge in [0.2, 0.25) is 0 Å². The van der Waals surface area contributed by atoms with Gasteiger partial charge in [0, 0.05) is 13.3 Å². The Labute approximate surface area is 202 Å². The smallest absolute Gasteiger partial charge is 0.147 e. The van der Waals surface area contributed by atoms with Crippen molar-refractivity contribution in [2.24, 2.45) is 5.73 Å². The van der Waals surface area contributed by atoms with E-state index in [9.17, 15) is 5.11 Å². The molecule has 0 saturated heterocycles. The summed E-state index contributed by atoms with van der Waals surface area (Å²) in [6.45, 7) is 13.6. The lowest BCUT2D eigenvalue weighted by Gasteiger charge is -2.49. The minimum absolute atomic E-state index is 0. The molecule has 0 rings (SSSR count). The first-order chi connectivity index (χ1) is 14.3. The van der Waals surface area contributed by atoms with Gasteiger partial charge in [0.25, 0.3) is 0 Å². The number of aliphatic hydroxyl groups is 1. The Morgan fingerprint density at radius 2 is 1.00 bits per heavy atom. The third-order valence-corrected chi connectivity index (χ3v) is 7.44. The highest BCUT2D eigenvalue weighted by Crippen LogP contribution is 2.27. The van der Waals surface area contributed by atoms with Crippen molar-refractivity contribution in [3.63, 3.8) is 0 Å². The van der Waals surface area contributed by atoms with Gasteiger partial charge >= 0.3 is 0 Å². The van der Waals surface area contributed by atoms with Gasteiger partial charge in [0.1, 0.15) is 18.3 Å². The van der Waals surface area contributed by atoms with Gasteiger partial charge in [-0.25, -0.2) is 0 Å². The lowest BCUT2D eigenvalue weighted by molar-refractivity contribution is -0.974. The summed E-state index contributed by atoms with van der Waals surface area (Å²) in [6, 6.07) is 0. The second-order valence-electron chi connectivity index (χ2n) is 10.2. The van der Waals surface area contributed by atoms with Crippen LogP contribution in [0.4, 0.5) is 0 Å². The summed E-state index contributed by atoms with van der Waals surface area (Å²) in [7, 11) is 0. The van der Waals surface area contributed by atoms with Gasteiger partial charge < -0.3 is 22.0 Å². The van der Waals surface area contributed by atoms with Crippen molar-refractivity contribution in [3.8, 4) is 0 Å². The monoisotopic (exact) mass is 462 g/mol. The number of hydrogen-bond acceptors (Lipinski definition) is 2. The molecule has 0 aromatic rings. The van der Waals surface area contributed by atoms with Gasteiger partial charge in [-0.2, -0.15) is 0 Å². The standard InChI is InChI=1S/C27H59N2O.ClH/c1-6-9-10-11-12-13-14-15-16-17-18-19-20-21-22-23-24-27(5,28)29(7-2,8-3)25-26(4)30;/h26,30H,6-25,28H2,1-5H3;1H/q+1;/p-1. The summed E-state index contributed by atoms with van der Waals surface area (Å²) in [6.07, 6.45) is 23.2. The lowest BCUT2D eigenvalue weighted by atomic mass is 9.97. The van der Waals surface area contributed by atoms with E-state index in [1.807, 2.05) is 6.92 Å². The Kier molecular flexibility index (Phi) is 22.3. The molecule has 0 saturated carbocycles. The highest BCUT2D eigenvalue weighted by molar-refractivity contribution is 4.71. The van der Waals surface area contributed by atoms with Gasteiger partial charge in [0.05, 0.1) is 13.1 Å². The van der Waals surface area contributed by atoms with Gasteiger partial charge in [-0.1, -0.05) is 103 Å². The predicted molar refractivity (Wildman–Crippen MR) is 135 cm³/mol. The summed E-state index contributed by atoms with van der Waals surface area (Å²) in [5.74, 6) is 0. The topological polar surface area (TPSA) is 46.2 Å².